The van der Waals surface area contributed by atoms with Crippen molar-refractivity contribution in [1.82, 2.24) is 0 Å². The van der Waals surface area contributed by atoms with Crippen molar-refractivity contribution in [3.63, 3.8) is 0 Å². The number of halogens is 1. The molecule has 1 aliphatic rings. The molecule has 0 aromatic heterocycles. The SMILES string of the molecule is CC1(C)C=COC(C)(Nc2cccc(Cl)c2)C1. The Balaban J connectivity index is 2.16. The number of benzene rings is 1. The zero-order valence-corrected chi connectivity index (χ0v) is 11.2. The van der Waals surface area contributed by atoms with Crippen molar-refractivity contribution < 1.29 is 4.74 Å². The summed E-state index contributed by atoms with van der Waals surface area (Å²) in [5.41, 5.74) is 0.729. The summed E-state index contributed by atoms with van der Waals surface area (Å²) in [5.74, 6) is 0. The Morgan fingerprint density at radius 2 is 2.06 bits per heavy atom. The predicted molar refractivity (Wildman–Crippen MR) is 72.1 cm³/mol. The van der Waals surface area contributed by atoms with E-state index in [1.807, 2.05) is 24.3 Å². The van der Waals surface area contributed by atoms with Gasteiger partial charge in [0.1, 0.15) is 0 Å². The van der Waals surface area contributed by atoms with Gasteiger partial charge in [-0.2, -0.15) is 0 Å². The van der Waals surface area contributed by atoms with Crippen LogP contribution in [-0.4, -0.2) is 5.72 Å². The molecule has 0 bridgehead atoms. The van der Waals surface area contributed by atoms with Crippen LogP contribution in [0, 0.1) is 5.41 Å². The minimum atomic E-state index is -0.386. The largest absolute Gasteiger partial charge is 0.476 e. The average molecular weight is 252 g/mol. The van der Waals surface area contributed by atoms with Crippen LogP contribution in [0.4, 0.5) is 5.69 Å². The first-order chi connectivity index (χ1) is 7.89. The minimum absolute atomic E-state index is 0.137. The fraction of sp³-hybridized carbons (Fsp3) is 0.429. The smallest absolute Gasteiger partial charge is 0.177 e. The van der Waals surface area contributed by atoms with Gasteiger partial charge < -0.3 is 10.1 Å². The van der Waals surface area contributed by atoms with Crippen molar-refractivity contribution >= 4 is 17.3 Å². The Morgan fingerprint density at radius 3 is 2.71 bits per heavy atom. The molecule has 17 heavy (non-hydrogen) atoms. The second-order valence-electron chi connectivity index (χ2n) is 5.45. The monoisotopic (exact) mass is 251 g/mol. The number of nitrogens with one attached hydrogen (secondary N) is 1. The molecule has 1 aromatic rings. The van der Waals surface area contributed by atoms with Gasteiger partial charge in [-0.1, -0.05) is 31.5 Å². The first-order valence-electron chi connectivity index (χ1n) is 5.78. The molecule has 2 nitrogen and oxygen atoms in total. The Kier molecular flexibility index (Phi) is 3.09. The Hall–Kier alpha value is -1.15. The quantitative estimate of drug-likeness (QED) is 0.840. The first-order valence-corrected chi connectivity index (χ1v) is 6.16. The molecule has 0 aliphatic carbocycles. The maximum Gasteiger partial charge on any atom is 0.177 e. The molecule has 1 aliphatic heterocycles. The standard InChI is InChI=1S/C14H18ClNO/c1-13(2)7-8-17-14(3,10-13)16-12-6-4-5-11(15)9-12/h4-9,16H,10H2,1-3H3. The molecule has 3 heteroatoms. The molecule has 1 atom stereocenters. The summed E-state index contributed by atoms with van der Waals surface area (Å²) in [4.78, 5) is 0. The highest BCUT2D eigenvalue weighted by molar-refractivity contribution is 6.30. The maximum atomic E-state index is 5.97. The Morgan fingerprint density at radius 1 is 1.29 bits per heavy atom. The second kappa shape index (κ2) is 4.26. The molecule has 0 radical (unpaired) electrons. The predicted octanol–water partition coefficient (Wildman–Crippen LogP) is 4.43. The normalized spacial score (nSPS) is 26.4. The summed E-state index contributed by atoms with van der Waals surface area (Å²) < 4.78 is 5.71. The van der Waals surface area contributed by atoms with Crippen molar-refractivity contribution in [2.24, 2.45) is 5.41 Å². The van der Waals surface area contributed by atoms with E-state index in [0.717, 1.165) is 17.1 Å². The number of rotatable bonds is 2. The zero-order chi connectivity index (χ0) is 12.5. The van der Waals surface area contributed by atoms with Crippen LogP contribution in [0.1, 0.15) is 27.2 Å². The molecule has 1 unspecified atom stereocenters. The second-order valence-corrected chi connectivity index (χ2v) is 5.89. The first kappa shape index (κ1) is 12.3. The Bertz CT molecular complexity index is 442. The third-order valence-electron chi connectivity index (χ3n) is 2.87. The Labute approximate surface area is 108 Å². The average Bonchev–Trinajstić information content (AvgIpc) is 2.14. The van der Waals surface area contributed by atoms with Crippen LogP contribution in [0.2, 0.25) is 5.02 Å². The maximum absolute atomic E-state index is 5.97. The van der Waals surface area contributed by atoms with E-state index in [4.69, 9.17) is 16.3 Å². The highest BCUT2D eigenvalue weighted by Gasteiger charge is 2.35. The van der Waals surface area contributed by atoms with E-state index in [9.17, 15) is 0 Å². The molecule has 0 saturated carbocycles. The molecule has 92 valence electrons. The summed E-state index contributed by atoms with van der Waals surface area (Å²) >= 11 is 5.97. The summed E-state index contributed by atoms with van der Waals surface area (Å²) in [7, 11) is 0. The van der Waals surface area contributed by atoms with Crippen molar-refractivity contribution in [1.29, 1.82) is 0 Å². The summed E-state index contributed by atoms with van der Waals surface area (Å²) in [6.45, 7) is 6.45. The van der Waals surface area contributed by atoms with E-state index in [1.165, 1.54) is 0 Å². The van der Waals surface area contributed by atoms with Crippen molar-refractivity contribution in [2.75, 3.05) is 5.32 Å². The van der Waals surface area contributed by atoms with Gasteiger partial charge in [-0.15, -0.1) is 0 Å². The molecule has 0 saturated heterocycles. The molecule has 0 spiro atoms. The zero-order valence-electron chi connectivity index (χ0n) is 10.5. The van der Waals surface area contributed by atoms with Gasteiger partial charge in [-0.3, -0.25) is 0 Å². The van der Waals surface area contributed by atoms with Gasteiger partial charge in [-0.05, 0) is 36.6 Å². The van der Waals surface area contributed by atoms with Gasteiger partial charge in [0.15, 0.2) is 5.72 Å². The van der Waals surface area contributed by atoms with E-state index in [0.29, 0.717) is 0 Å². The number of hydrogen-bond acceptors (Lipinski definition) is 2. The third kappa shape index (κ3) is 3.16. The number of hydrogen-bond donors (Lipinski definition) is 1. The van der Waals surface area contributed by atoms with Gasteiger partial charge in [0, 0.05) is 17.1 Å². The van der Waals surface area contributed by atoms with Crippen LogP contribution in [0.25, 0.3) is 0 Å². The van der Waals surface area contributed by atoms with E-state index in [1.54, 1.807) is 6.26 Å². The molecular formula is C14H18ClNO. The highest BCUT2D eigenvalue weighted by atomic mass is 35.5. The van der Waals surface area contributed by atoms with Crippen LogP contribution in [0.15, 0.2) is 36.6 Å². The van der Waals surface area contributed by atoms with Crippen molar-refractivity contribution in [2.45, 2.75) is 32.9 Å². The molecule has 1 N–H and O–H groups in total. The lowest BCUT2D eigenvalue weighted by Gasteiger charge is -2.40. The van der Waals surface area contributed by atoms with E-state index in [-0.39, 0.29) is 11.1 Å². The molecule has 1 heterocycles. The van der Waals surface area contributed by atoms with Gasteiger partial charge >= 0.3 is 0 Å². The van der Waals surface area contributed by atoms with Gasteiger partial charge in [-0.25, -0.2) is 0 Å². The van der Waals surface area contributed by atoms with Gasteiger partial charge in [0.25, 0.3) is 0 Å². The van der Waals surface area contributed by atoms with Crippen LogP contribution < -0.4 is 5.32 Å². The molecule has 0 amide bonds. The topological polar surface area (TPSA) is 21.3 Å². The van der Waals surface area contributed by atoms with Crippen molar-refractivity contribution in [3.05, 3.63) is 41.6 Å². The van der Waals surface area contributed by atoms with Crippen LogP contribution in [-0.2, 0) is 4.74 Å². The van der Waals surface area contributed by atoms with Gasteiger partial charge in [0.2, 0.25) is 0 Å². The van der Waals surface area contributed by atoms with E-state index < -0.39 is 0 Å². The lowest BCUT2D eigenvalue weighted by Crippen LogP contribution is -2.42. The van der Waals surface area contributed by atoms with Crippen LogP contribution in [0.5, 0.6) is 0 Å². The van der Waals surface area contributed by atoms with E-state index >= 15 is 0 Å². The fourth-order valence-corrected chi connectivity index (χ4v) is 2.47. The van der Waals surface area contributed by atoms with Crippen LogP contribution >= 0.6 is 11.6 Å². The number of ether oxygens (including phenoxy) is 1. The number of allylic oxidation sites excluding steroid dienone is 1. The highest BCUT2D eigenvalue weighted by Crippen LogP contribution is 2.36. The molecule has 2 rings (SSSR count). The number of anilines is 1. The molecule has 0 fully saturated rings. The minimum Gasteiger partial charge on any atom is -0.476 e. The summed E-state index contributed by atoms with van der Waals surface area (Å²) in [5, 5.41) is 4.12. The fourth-order valence-electron chi connectivity index (χ4n) is 2.28. The molecule has 1 aromatic carbocycles. The summed E-state index contributed by atoms with van der Waals surface area (Å²) in [6.07, 6.45) is 4.78. The summed E-state index contributed by atoms with van der Waals surface area (Å²) in [6, 6.07) is 7.69. The van der Waals surface area contributed by atoms with Crippen LogP contribution in [0.3, 0.4) is 0 Å². The van der Waals surface area contributed by atoms with E-state index in [2.05, 4.69) is 32.2 Å². The van der Waals surface area contributed by atoms with Crippen molar-refractivity contribution in [3.8, 4) is 0 Å². The lowest BCUT2D eigenvalue weighted by atomic mass is 9.83. The third-order valence-corrected chi connectivity index (χ3v) is 3.11. The molecular weight excluding hydrogens is 234 g/mol. The van der Waals surface area contributed by atoms with Gasteiger partial charge in [0.05, 0.1) is 6.26 Å². The lowest BCUT2D eigenvalue weighted by molar-refractivity contribution is 0.0151.